The monoisotopic (exact) mass is 294 g/mol. The number of aromatic nitrogens is 2. The molecule has 19 heavy (non-hydrogen) atoms. The van der Waals surface area contributed by atoms with Gasteiger partial charge < -0.3 is 0 Å². The quantitative estimate of drug-likeness (QED) is 0.721. The maximum atomic E-state index is 6.27. The van der Waals surface area contributed by atoms with Crippen molar-refractivity contribution in [2.24, 2.45) is 0 Å². The molecule has 4 heteroatoms. The fourth-order valence-electron chi connectivity index (χ4n) is 1.78. The minimum atomic E-state index is 0.252. The van der Waals surface area contributed by atoms with Crippen LogP contribution >= 0.6 is 23.2 Å². The lowest BCUT2D eigenvalue weighted by Gasteiger charge is -2.12. The molecule has 1 aromatic carbocycles. The fourth-order valence-corrected chi connectivity index (χ4v) is 2.40. The molecule has 0 bridgehead atoms. The molecule has 0 spiro atoms. The summed E-state index contributed by atoms with van der Waals surface area (Å²) in [6, 6.07) is 8.00. The Labute approximate surface area is 123 Å². The van der Waals surface area contributed by atoms with Gasteiger partial charge in [-0.05, 0) is 18.9 Å². The molecule has 0 saturated carbocycles. The largest absolute Gasteiger partial charge is 0.220 e. The Morgan fingerprint density at radius 2 is 1.58 bits per heavy atom. The summed E-state index contributed by atoms with van der Waals surface area (Å²) in [6.07, 6.45) is 0.955. The van der Waals surface area contributed by atoms with Crippen LogP contribution in [-0.2, 0) is 0 Å². The third kappa shape index (κ3) is 3.07. The van der Waals surface area contributed by atoms with Gasteiger partial charge in [0.1, 0.15) is 16.1 Å². The maximum absolute atomic E-state index is 6.27. The fraction of sp³-hybridized carbons (Fsp3) is 0.333. The number of aryl methyl sites for hydroxylation is 1. The highest BCUT2D eigenvalue weighted by Crippen LogP contribution is 2.33. The van der Waals surface area contributed by atoms with Crippen molar-refractivity contribution in [1.29, 1.82) is 0 Å². The molecule has 100 valence electrons. The standard InChI is InChI=1S/C15H16Cl2N2/c1-4-10(3)15-18-13(16)12(14(17)19-15)11-7-5-9(2)6-8-11/h5-8,10H,4H2,1-3H3. The summed E-state index contributed by atoms with van der Waals surface area (Å²) in [7, 11) is 0. The van der Waals surface area contributed by atoms with Crippen LogP contribution in [0.3, 0.4) is 0 Å². The van der Waals surface area contributed by atoms with Gasteiger partial charge in [0.25, 0.3) is 0 Å². The Hall–Kier alpha value is -1.12. The Morgan fingerprint density at radius 1 is 1.05 bits per heavy atom. The second kappa shape index (κ2) is 5.89. The highest BCUT2D eigenvalue weighted by atomic mass is 35.5. The number of halogens is 2. The Balaban J connectivity index is 2.50. The molecule has 0 amide bonds. The Bertz CT molecular complexity index is 556. The van der Waals surface area contributed by atoms with Crippen molar-refractivity contribution in [3.8, 4) is 11.1 Å². The zero-order valence-electron chi connectivity index (χ0n) is 11.2. The van der Waals surface area contributed by atoms with Crippen molar-refractivity contribution in [2.75, 3.05) is 0 Å². The van der Waals surface area contributed by atoms with Gasteiger partial charge in [-0.15, -0.1) is 0 Å². The van der Waals surface area contributed by atoms with Gasteiger partial charge in [-0.1, -0.05) is 66.9 Å². The molecule has 0 aliphatic rings. The van der Waals surface area contributed by atoms with Crippen molar-refractivity contribution >= 4 is 23.2 Å². The average Bonchev–Trinajstić information content (AvgIpc) is 2.39. The van der Waals surface area contributed by atoms with E-state index in [4.69, 9.17) is 23.2 Å². The van der Waals surface area contributed by atoms with Crippen LogP contribution in [0.1, 0.15) is 37.6 Å². The first-order valence-electron chi connectivity index (χ1n) is 6.33. The summed E-state index contributed by atoms with van der Waals surface area (Å²) in [6.45, 7) is 6.19. The SMILES string of the molecule is CCC(C)c1nc(Cl)c(-c2ccc(C)cc2)c(Cl)n1. The summed E-state index contributed by atoms with van der Waals surface area (Å²) < 4.78 is 0. The highest BCUT2D eigenvalue weighted by Gasteiger charge is 2.16. The van der Waals surface area contributed by atoms with Crippen molar-refractivity contribution in [1.82, 2.24) is 9.97 Å². The van der Waals surface area contributed by atoms with E-state index in [9.17, 15) is 0 Å². The molecule has 1 unspecified atom stereocenters. The van der Waals surface area contributed by atoms with Crippen LogP contribution in [0.4, 0.5) is 0 Å². The van der Waals surface area contributed by atoms with E-state index >= 15 is 0 Å². The molecule has 0 fully saturated rings. The van der Waals surface area contributed by atoms with Gasteiger partial charge in [-0.3, -0.25) is 0 Å². The lowest BCUT2D eigenvalue weighted by Crippen LogP contribution is -2.02. The number of hydrogen-bond donors (Lipinski definition) is 0. The molecule has 1 atom stereocenters. The van der Waals surface area contributed by atoms with E-state index < -0.39 is 0 Å². The molecular weight excluding hydrogens is 279 g/mol. The van der Waals surface area contributed by atoms with Gasteiger partial charge in [0, 0.05) is 5.92 Å². The minimum Gasteiger partial charge on any atom is -0.220 e. The van der Waals surface area contributed by atoms with Crippen LogP contribution in [0.15, 0.2) is 24.3 Å². The second-order valence-electron chi connectivity index (χ2n) is 4.71. The number of rotatable bonds is 3. The van der Waals surface area contributed by atoms with Crippen molar-refractivity contribution < 1.29 is 0 Å². The van der Waals surface area contributed by atoms with E-state index in [1.165, 1.54) is 5.56 Å². The Morgan fingerprint density at radius 3 is 2.05 bits per heavy atom. The van der Waals surface area contributed by atoms with E-state index in [1.54, 1.807) is 0 Å². The van der Waals surface area contributed by atoms with E-state index in [0.29, 0.717) is 21.7 Å². The van der Waals surface area contributed by atoms with Crippen LogP contribution in [0.25, 0.3) is 11.1 Å². The molecule has 2 nitrogen and oxygen atoms in total. The van der Waals surface area contributed by atoms with Gasteiger partial charge in [0.2, 0.25) is 0 Å². The molecule has 0 radical (unpaired) electrons. The first-order valence-corrected chi connectivity index (χ1v) is 7.08. The van der Waals surface area contributed by atoms with Crippen LogP contribution < -0.4 is 0 Å². The van der Waals surface area contributed by atoms with Crippen LogP contribution in [-0.4, -0.2) is 9.97 Å². The molecule has 0 saturated heterocycles. The third-order valence-electron chi connectivity index (χ3n) is 3.23. The number of benzene rings is 1. The number of hydrogen-bond acceptors (Lipinski definition) is 2. The Kier molecular flexibility index (Phi) is 4.43. The first kappa shape index (κ1) is 14.3. The summed E-state index contributed by atoms with van der Waals surface area (Å²) in [5.41, 5.74) is 2.83. The number of nitrogens with zero attached hydrogens (tertiary/aromatic N) is 2. The van der Waals surface area contributed by atoms with E-state index in [1.807, 2.05) is 31.2 Å². The molecule has 1 aromatic heterocycles. The summed E-state index contributed by atoms with van der Waals surface area (Å²) in [4.78, 5) is 8.75. The molecule has 0 aliphatic heterocycles. The van der Waals surface area contributed by atoms with Gasteiger partial charge in [-0.25, -0.2) is 9.97 Å². The van der Waals surface area contributed by atoms with Gasteiger partial charge >= 0.3 is 0 Å². The lowest BCUT2D eigenvalue weighted by atomic mass is 10.1. The lowest BCUT2D eigenvalue weighted by molar-refractivity contribution is 0.679. The summed E-state index contributed by atoms with van der Waals surface area (Å²) in [5.74, 6) is 0.954. The molecule has 0 aliphatic carbocycles. The second-order valence-corrected chi connectivity index (χ2v) is 5.43. The predicted octanol–water partition coefficient (Wildman–Crippen LogP) is 5.27. The van der Waals surface area contributed by atoms with Gasteiger partial charge in [0.05, 0.1) is 5.56 Å². The first-order chi connectivity index (χ1) is 9.02. The maximum Gasteiger partial charge on any atom is 0.142 e. The predicted molar refractivity (Wildman–Crippen MR) is 80.9 cm³/mol. The van der Waals surface area contributed by atoms with Crippen LogP contribution in [0.2, 0.25) is 10.3 Å². The van der Waals surface area contributed by atoms with Gasteiger partial charge in [-0.2, -0.15) is 0 Å². The normalized spacial score (nSPS) is 12.5. The average molecular weight is 295 g/mol. The zero-order valence-corrected chi connectivity index (χ0v) is 12.8. The summed E-state index contributed by atoms with van der Waals surface area (Å²) >= 11 is 12.5. The van der Waals surface area contributed by atoms with Crippen molar-refractivity contribution in [2.45, 2.75) is 33.1 Å². The van der Waals surface area contributed by atoms with Gasteiger partial charge in [0.15, 0.2) is 0 Å². The smallest absolute Gasteiger partial charge is 0.142 e. The molecule has 0 N–H and O–H groups in total. The third-order valence-corrected chi connectivity index (χ3v) is 3.78. The van der Waals surface area contributed by atoms with E-state index in [2.05, 4.69) is 23.8 Å². The van der Waals surface area contributed by atoms with Crippen molar-refractivity contribution in [3.05, 3.63) is 46.0 Å². The highest BCUT2D eigenvalue weighted by molar-refractivity contribution is 6.37. The topological polar surface area (TPSA) is 25.8 Å². The molecular formula is C15H16Cl2N2. The minimum absolute atomic E-state index is 0.252. The van der Waals surface area contributed by atoms with E-state index in [0.717, 1.165) is 12.0 Å². The van der Waals surface area contributed by atoms with Crippen molar-refractivity contribution in [3.63, 3.8) is 0 Å². The molecule has 1 heterocycles. The zero-order chi connectivity index (χ0) is 14.0. The van der Waals surface area contributed by atoms with Crippen LogP contribution in [0.5, 0.6) is 0 Å². The van der Waals surface area contributed by atoms with E-state index in [-0.39, 0.29) is 5.92 Å². The summed E-state index contributed by atoms with van der Waals surface area (Å²) in [5, 5.41) is 0.832. The molecule has 2 aromatic rings. The molecule has 2 rings (SSSR count). The van der Waals surface area contributed by atoms with Crippen LogP contribution in [0, 0.1) is 6.92 Å².